The summed E-state index contributed by atoms with van der Waals surface area (Å²) in [5, 5.41) is 3.03. The van der Waals surface area contributed by atoms with E-state index in [1.165, 1.54) is 32.1 Å². The van der Waals surface area contributed by atoms with Gasteiger partial charge in [-0.15, -0.1) is 0 Å². The van der Waals surface area contributed by atoms with Gasteiger partial charge in [0.15, 0.2) is 0 Å². The van der Waals surface area contributed by atoms with Crippen LogP contribution in [-0.4, -0.2) is 15.5 Å². The molecule has 0 unspecified atom stereocenters. The first-order chi connectivity index (χ1) is 9.70. The van der Waals surface area contributed by atoms with Crippen LogP contribution in [-0.2, 0) is 18.4 Å². The Bertz CT molecular complexity index is 419. The summed E-state index contributed by atoms with van der Waals surface area (Å²) in [6, 6.07) is 0. The Labute approximate surface area is 122 Å². The summed E-state index contributed by atoms with van der Waals surface area (Å²) in [5.74, 6) is 2.19. The molecule has 1 aromatic heterocycles. The Hall–Kier alpha value is -1.32. The van der Waals surface area contributed by atoms with E-state index in [2.05, 4.69) is 17.2 Å². The third-order valence-corrected chi connectivity index (χ3v) is 4.53. The molecule has 4 heteroatoms. The molecule has 2 rings (SSSR count). The van der Waals surface area contributed by atoms with Crippen LogP contribution in [0.15, 0.2) is 12.4 Å². The second-order valence-electron chi connectivity index (χ2n) is 6.03. The van der Waals surface area contributed by atoms with Crippen LogP contribution in [0, 0.1) is 11.8 Å². The second-order valence-corrected chi connectivity index (χ2v) is 6.03. The number of imidazole rings is 1. The predicted molar refractivity (Wildman–Crippen MR) is 80.0 cm³/mol. The van der Waals surface area contributed by atoms with E-state index in [4.69, 9.17) is 0 Å². The molecule has 0 aromatic carbocycles. The molecule has 20 heavy (non-hydrogen) atoms. The standard InChI is InChI=1S/C16H27N3O/c1-3-4-5-13-6-8-14(9-7-13)16(20)18-12-15-17-10-11-19(15)2/h10-11,13-14H,3-9,12H2,1-2H3,(H,18,20). The van der Waals surface area contributed by atoms with Crippen molar-refractivity contribution >= 4 is 5.91 Å². The van der Waals surface area contributed by atoms with Gasteiger partial charge in [-0.1, -0.05) is 26.2 Å². The van der Waals surface area contributed by atoms with Crippen molar-refractivity contribution in [2.45, 2.75) is 58.4 Å². The van der Waals surface area contributed by atoms with Crippen molar-refractivity contribution in [2.75, 3.05) is 0 Å². The lowest BCUT2D eigenvalue weighted by Gasteiger charge is -2.27. The molecule has 1 aliphatic rings. The smallest absolute Gasteiger partial charge is 0.223 e. The number of nitrogens with one attached hydrogen (secondary N) is 1. The van der Waals surface area contributed by atoms with Gasteiger partial charge in [0.05, 0.1) is 6.54 Å². The number of rotatable bonds is 6. The number of amides is 1. The van der Waals surface area contributed by atoms with Crippen LogP contribution in [0.1, 0.15) is 57.7 Å². The van der Waals surface area contributed by atoms with Crippen molar-refractivity contribution in [1.29, 1.82) is 0 Å². The summed E-state index contributed by atoms with van der Waals surface area (Å²) in [6.07, 6.45) is 12.2. The van der Waals surface area contributed by atoms with Gasteiger partial charge >= 0.3 is 0 Å². The van der Waals surface area contributed by atoms with E-state index in [0.717, 1.165) is 24.6 Å². The van der Waals surface area contributed by atoms with Gasteiger partial charge in [-0.3, -0.25) is 4.79 Å². The number of carbonyl (C=O) groups is 1. The van der Waals surface area contributed by atoms with E-state index in [1.807, 2.05) is 17.8 Å². The minimum absolute atomic E-state index is 0.210. The molecule has 1 N–H and O–H groups in total. The van der Waals surface area contributed by atoms with E-state index >= 15 is 0 Å². The van der Waals surface area contributed by atoms with E-state index in [1.54, 1.807) is 6.20 Å². The topological polar surface area (TPSA) is 46.9 Å². The van der Waals surface area contributed by atoms with Gasteiger partial charge in [-0.25, -0.2) is 4.98 Å². The first-order valence-electron chi connectivity index (χ1n) is 7.94. The van der Waals surface area contributed by atoms with Crippen molar-refractivity contribution in [2.24, 2.45) is 18.9 Å². The van der Waals surface area contributed by atoms with E-state index in [0.29, 0.717) is 6.54 Å². The first kappa shape index (κ1) is 15.1. The average molecular weight is 277 g/mol. The molecule has 1 heterocycles. The van der Waals surface area contributed by atoms with Crippen LogP contribution in [0.4, 0.5) is 0 Å². The van der Waals surface area contributed by atoms with Crippen LogP contribution in [0.25, 0.3) is 0 Å². The lowest BCUT2D eigenvalue weighted by atomic mass is 9.79. The van der Waals surface area contributed by atoms with Crippen molar-refractivity contribution < 1.29 is 4.79 Å². The highest BCUT2D eigenvalue weighted by Crippen LogP contribution is 2.31. The maximum atomic E-state index is 12.2. The summed E-state index contributed by atoms with van der Waals surface area (Å²) in [6.45, 7) is 2.79. The van der Waals surface area contributed by atoms with Crippen molar-refractivity contribution in [3.8, 4) is 0 Å². The minimum Gasteiger partial charge on any atom is -0.349 e. The molecule has 1 amide bonds. The van der Waals surface area contributed by atoms with E-state index in [9.17, 15) is 4.79 Å². The Morgan fingerprint density at radius 3 is 2.75 bits per heavy atom. The zero-order valence-corrected chi connectivity index (χ0v) is 12.8. The molecule has 0 spiro atoms. The molecular weight excluding hydrogens is 250 g/mol. The van der Waals surface area contributed by atoms with Crippen LogP contribution in [0.5, 0.6) is 0 Å². The van der Waals surface area contributed by atoms with Crippen LogP contribution in [0.2, 0.25) is 0 Å². The zero-order valence-electron chi connectivity index (χ0n) is 12.8. The molecule has 1 aromatic rings. The second kappa shape index (κ2) is 7.46. The van der Waals surface area contributed by atoms with Gasteiger partial charge in [0.1, 0.15) is 5.82 Å². The number of aromatic nitrogens is 2. The molecule has 0 atom stereocenters. The van der Waals surface area contributed by atoms with Gasteiger partial charge in [0, 0.05) is 25.4 Å². The quantitative estimate of drug-likeness (QED) is 0.868. The summed E-state index contributed by atoms with van der Waals surface area (Å²) >= 11 is 0. The van der Waals surface area contributed by atoms with Gasteiger partial charge in [-0.05, 0) is 31.6 Å². The molecule has 0 aliphatic heterocycles. The number of nitrogens with zero attached hydrogens (tertiary/aromatic N) is 2. The number of carbonyl (C=O) groups excluding carboxylic acids is 1. The summed E-state index contributed by atoms with van der Waals surface area (Å²) < 4.78 is 1.95. The third-order valence-electron chi connectivity index (χ3n) is 4.53. The SMILES string of the molecule is CCCCC1CCC(C(=O)NCc2nccn2C)CC1. The van der Waals surface area contributed by atoms with Crippen LogP contribution in [0.3, 0.4) is 0 Å². The van der Waals surface area contributed by atoms with Gasteiger partial charge in [0.2, 0.25) is 5.91 Å². The Morgan fingerprint density at radius 1 is 1.40 bits per heavy atom. The van der Waals surface area contributed by atoms with Crippen LogP contribution < -0.4 is 5.32 Å². The normalized spacial score (nSPS) is 22.7. The monoisotopic (exact) mass is 277 g/mol. The van der Waals surface area contributed by atoms with Crippen molar-refractivity contribution in [3.05, 3.63) is 18.2 Å². The molecule has 0 bridgehead atoms. The van der Waals surface area contributed by atoms with Gasteiger partial charge < -0.3 is 9.88 Å². The summed E-state index contributed by atoms with van der Waals surface area (Å²) in [5.41, 5.74) is 0. The largest absolute Gasteiger partial charge is 0.349 e. The highest BCUT2D eigenvalue weighted by atomic mass is 16.1. The molecular formula is C16H27N3O. The van der Waals surface area contributed by atoms with Crippen LogP contribution >= 0.6 is 0 Å². The zero-order chi connectivity index (χ0) is 14.4. The maximum Gasteiger partial charge on any atom is 0.223 e. The number of hydrogen-bond donors (Lipinski definition) is 1. The fraction of sp³-hybridized carbons (Fsp3) is 0.750. The molecule has 112 valence electrons. The molecule has 1 aliphatic carbocycles. The summed E-state index contributed by atoms with van der Waals surface area (Å²) in [4.78, 5) is 16.4. The lowest BCUT2D eigenvalue weighted by Crippen LogP contribution is -2.33. The minimum atomic E-state index is 0.210. The number of aryl methyl sites for hydroxylation is 1. The highest BCUT2D eigenvalue weighted by molar-refractivity contribution is 5.78. The predicted octanol–water partition coefficient (Wildman–Crippen LogP) is 3.03. The molecule has 4 nitrogen and oxygen atoms in total. The van der Waals surface area contributed by atoms with Crippen molar-refractivity contribution in [3.63, 3.8) is 0 Å². The molecule has 1 fully saturated rings. The van der Waals surface area contributed by atoms with E-state index in [-0.39, 0.29) is 11.8 Å². The van der Waals surface area contributed by atoms with E-state index < -0.39 is 0 Å². The maximum absolute atomic E-state index is 12.2. The Morgan fingerprint density at radius 2 is 2.15 bits per heavy atom. The van der Waals surface area contributed by atoms with Crippen molar-refractivity contribution in [1.82, 2.24) is 14.9 Å². The number of unbranched alkanes of at least 4 members (excludes halogenated alkanes) is 1. The molecule has 0 saturated heterocycles. The Kier molecular flexibility index (Phi) is 5.62. The fourth-order valence-corrected chi connectivity index (χ4v) is 3.08. The van der Waals surface area contributed by atoms with Gasteiger partial charge in [0.25, 0.3) is 0 Å². The lowest BCUT2D eigenvalue weighted by molar-refractivity contribution is -0.126. The first-order valence-corrected chi connectivity index (χ1v) is 7.94. The number of hydrogen-bond acceptors (Lipinski definition) is 2. The van der Waals surface area contributed by atoms with Gasteiger partial charge in [-0.2, -0.15) is 0 Å². The molecule has 0 radical (unpaired) electrons. The summed E-state index contributed by atoms with van der Waals surface area (Å²) in [7, 11) is 1.95. The fourth-order valence-electron chi connectivity index (χ4n) is 3.08. The third kappa shape index (κ3) is 4.09. The molecule has 1 saturated carbocycles. The highest BCUT2D eigenvalue weighted by Gasteiger charge is 2.25. The average Bonchev–Trinajstić information content (AvgIpc) is 2.88. The Balaban J connectivity index is 1.71.